The Morgan fingerprint density at radius 2 is 1.67 bits per heavy atom. The van der Waals surface area contributed by atoms with Crippen LogP contribution in [0.2, 0.25) is 0 Å². The minimum atomic E-state index is -0.521. The third-order valence-electron chi connectivity index (χ3n) is 9.02. The predicted octanol–water partition coefficient (Wildman–Crippen LogP) is 7.16. The highest BCUT2D eigenvalue weighted by molar-refractivity contribution is 5.93. The quantitative estimate of drug-likeness (QED) is 0.236. The number of rotatable bonds is 10. The molecular weight excluding hydrogens is 578 g/mol. The normalized spacial score (nSPS) is 18.1. The van der Waals surface area contributed by atoms with Crippen molar-refractivity contribution in [1.82, 2.24) is 14.9 Å². The Labute approximate surface area is 274 Å². The van der Waals surface area contributed by atoms with E-state index in [1.165, 1.54) is 11.3 Å². The fourth-order valence-corrected chi connectivity index (χ4v) is 6.12. The molecule has 9 heteroatoms. The van der Waals surface area contributed by atoms with Crippen LogP contribution < -0.4 is 14.4 Å². The van der Waals surface area contributed by atoms with Gasteiger partial charge in [0.15, 0.2) is 5.82 Å². The number of amides is 1. The third-order valence-corrected chi connectivity index (χ3v) is 9.02. The molecule has 1 saturated heterocycles. The molecular formula is C37H49N5O4. The maximum Gasteiger partial charge on any atom is 0.410 e. The molecule has 2 aliphatic rings. The van der Waals surface area contributed by atoms with Crippen molar-refractivity contribution in [3.63, 3.8) is 0 Å². The zero-order valence-electron chi connectivity index (χ0n) is 28.2. The number of benzene rings is 2. The van der Waals surface area contributed by atoms with Crippen molar-refractivity contribution in [3.8, 4) is 11.5 Å². The first-order valence-electron chi connectivity index (χ1n) is 16.6. The first-order chi connectivity index (χ1) is 22.1. The van der Waals surface area contributed by atoms with Crippen molar-refractivity contribution in [1.29, 1.82) is 0 Å². The van der Waals surface area contributed by atoms with Crippen LogP contribution in [0.3, 0.4) is 0 Å². The van der Waals surface area contributed by atoms with E-state index in [-0.39, 0.29) is 17.9 Å². The Kier molecular flexibility index (Phi) is 10.8. The summed E-state index contributed by atoms with van der Waals surface area (Å²) in [5, 5.41) is 0. The molecule has 3 unspecified atom stereocenters. The molecule has 0 bridgehead atoms. The molecule has 3 heterocycles. The molecule has 3 atom stereocenters. The van der Waals surface area contributed by atoms with Crippen LogP contribution in [-0.4, -0.2) is 72.2 Å². The fraction of sp³-hybridized carbons (Fsp3) is 0.514. The average molecular weight is 628 g/mol. The number of methoxy groups -OCH3 is 1. The second-order valence-corrected chi connectivity index (χ2v) is 13.5. The van der Waals surface area contributed by atoms with Crippen LogP contribution in [-0.2, 0) is 17.6 Å². The van der Waals surface area contributed by atoms with E-state index < -0.39 is 5.60 Å². The number of carbonyl (C=O) groups excluding carboxylic acids is 1. The van der Waals surface area contributed by atoms with E-state index in [4.69, 9.17) is 29.2 Å². The molecule has 5 rings (SSSR count). The van der Waals surface area contributed by atoms with Gasteiger partial charge in [0.1, 0.15) is 29.1 Å². The first-order valence-corrected chi connectivity index (χ1v) is 16.6. The fourth-order valence-electron chi connectivity index (χ4n) is 6.12. The Hall–Kier alpha value is -4.14. The maximum atomic E-state index is 12.7. The minimum absolute atomic E-state index is 0.188. The number of aliphatic imine (C=N–C) groups is 1. The Balaban J connectivity index is 1.38. The summed E-state index contributed by atoms with van der Waals surface area (Å²) in [6.07, 6.45) is 5.16. The highest BCUT2D eigenvalue weighted by Crippen LogP contribution is 2.38. The number of aromatic nitrogens is 2. The summed E-state index contributed by atoms with van der Waals surface area (Å²) in [7, 11) is 1.70. The molecule has 246 valence electrons. The number of piperazine rings is 1. The van der Waals surface area contributed by atoms with Gasteiger partial charge in [-0.25, -0.2) is 14.8 Å². The van der Waals surface area contributed by atoms with E-state index in [0.29, 0.717) is 38.7 Å². The minimum Gasteiger partial charge on any atom is -0.497 e. The van der Waals surface area contributed by atoms with Gasteiger partial charge in [0.25, 0.3) is 0 Å². The lowest BCUT2D eigenvalue weighted by atomic mass is 9.80. The Morgan fingerprint density at radius 1 is 0.957 bits per heavy atom. The van der Waals surface area contributed by atoms with E-state index in [1.54, 1.807) is 18.3 Å². The second-order valence-electron chi connectivity index (χ2n) is 13.5. The number of carbonyl (C=O) groups is 1. The highest BCUT2D eigenvalue weighted by atomic mass is 16.6. The number of nitrogens with zero attached hydrogens (tertiary/aromatic N) is 5. The molecule has 1 amide bonds. The zero-order valence-corrected chi connectivity index (χ0v) is 28.2. The van der Waals surface area contributed by atoms with Crippen molar-refractivity contribution in [2.45, 2.75) is 65.9 Å². The number of hydrogen-bond donors (Lipinski definition) is 0. The molecule has 46 heavy (non-hydrogen) atoms. The summed E-state index contributed by atoms with van der Waals surface area (Å²) in [5.74, 6) is 3.33. The van der Waals surface area contributed by atoms with Crippen LogP contribution in [0.1, 0.15) is 58.7 Å². The van der Waals surface area contributed by atoms with Crippen molar-refractivity contribution >= 4 is 23.3 Å². The lowest BCUT2D eigenvalue weighted by Crippen LogP contribution is -2.50. The third kappa shape index (κ3) is 8.56. The van der Waals surface area contributed by atoms with Gasteiger partial charge in [-0.2, -0.15) is 0 Å². The molecule has 0 N–H and O–H groups in total. The zero-order chi connectivity index (χ0) is 32.7. The van der Waals surface area contributed by atoms with Gasteiger partial charge in [-0.1, -0.05) is 44.2 Å². The molecule has 2 aromatic carbocycles. The van der Waals surface area contributed by atoms with Crippen LogP contribution in [0, 0.1) is 17.8 Å². The molecule has 0 aliphatic carbocycles. The van der Waals surface area contributed by atoms with E-state index >= 15 is 0 Å². The van der Waals surface area contributed by atoms with Gasteiger partial charge < -0.3 is 24.0 Å². The SMILES string of the molecule is COc1ccc(CCC2CCc3ncnc(N4CCN(C(=O)OC(C)(C)C)CC4)c3N=C2C(C)C(C)COc2ccccc2)cc1. The highest BCUT2D eigenvalue weighted by Gasteiger charge is 2.32. The standard InChI is InChI=1S/C37H49N5O4/c1-26(24-45-31-10-8-7-9-11-31)27(2)33-29(15-12-28-13-17-30(44-6)18-14-28)16-19-32-34(40-33)35(39-25-38-32)41-20-22-42(23-21-41)36(43)46-37(3,4)5/h7-11,13-14,17-18,25-27,29H,12,15-16,19-24H2,1-6H3. The van der Waals surface area contributed by atoms with Gasteiger partial charge >= 0.3 is 6.09 Å². The molecule has 0 radical (unpaired) electrons. The monoisotopic (exact) mass is 627 g/mol. The van der Waals surface area contributed by atoms with Crippen molar-refractivity contribution in [2.24, 2.45) is 22.7 Å². The summed E-state index contributed by atoms with van der Waals surface area (Å²) < 4.78 is 17.2. The number of fused-ring (bicyclic) bond motifs is 1. The van der Waals surface area contributed by atoms with Gasteiger partial charge in [0.2, 0.25) is 0 Å². The van der Waals surface area contributed by atoms with Crippen LogP contribution in [0.15, 0.2) is 65.9 Å². The molecule has 1 fully saturated rings. The summed E-state index contributed by atoms with van der Waals surface area (Å²) in [5.41, 5.74) is 3.83. The van der Waals surface area contributed by atoms with E-state index in [1.807, 2.05) is 63.2 Å². The van der Waals surface area contributed by atoms with E-state index in [2.05, 4.69) is 30.9 Å². The summed E-state index contributed by atoms with van der Waals surface area (Å²) >= 11 is 0. The lowest BCUT2D eigenvalue weighted by Gasteiger charge is -2.36. The van der Waals surface area contributed by atoms with E-state index in [0.717, 1.165) is 54.4 Å². The van der Waals surface area contributed by atoms with Gasteiger partial charge in [-0.3, -0.25) is 4.99 Å². The number of para-hydroxylation sites is 1. The second kappa shape index (κ2) is 15.0. The summed E-state index contributed by atoms with van der Waals surface area (Å²) in [6, 6.07) is 18.4. The van der Waals surface area contributed by atoms with Crippen LogP contribution >= 0.6 is 0 Å². The molecule has 1 aromatic heterocycles. The number of aryl methyl sites for hydroxylation is 2. The molecule has 9 nitrogen and oxygen atoms in total. The van der Waals surface area contributed by atoms with Crippen LogP contribution in [0.4, 0.5) is 16.3 Å². The van der Waals surface area contributed by atoms with E-state index in [9.17, 15) is 4.79 Å². The predicted molar refractivity (Wildman–Crippen MR) is 183 cm³/mol. The number of ether oxygens (including phenoxy) is 3. The summed E-state index contributed by atoms with van der Waals surface area (Å²) in [4.78, 5) is 31.7. The van der Waals surface area contributed by atoms with Gasteiger partial charge in [0, 0.05) is 37.8 Å². The molecule has 2 aliphatic heterocycles. The topological polar surface area (TPSA) is 89.4 Å². The number of hydrogen-bond acceptors (Lipinski definition) is 8. The first kappa shape index (κ1) is 33.2. The maximum absolute atomic E-state index is 12.7. The largest absolute Gasteiger partial charge is 0.497 e. The van der Waals surface area contributed by atoms with Crippen LogP contribution in [0.25, 0.3) is 0 Å². The Bertz CT molecular complexity index is 1460. The van der Waals surface area contributed by atoms with Gasteiger partial charge in [-0.15, -0.1) is 0 Å². The summed E-state index contributed by atoms with van der Waals surface area (Å²) in [6.45, 7) is 13.3. The molecule has 0 saturated carbocycles. The molecule has 3 aromatic rings. The average Bonchev–Trinajstić information content (AvgIpc) is 3.25. The van der Waals surface area contributed by atoms with Crippen LogP contribution in [0.5, 0.6) is 11.5 Å². The smallest absolute Gasteiger partial charge is 0.410 e. The van der Waals surface area contributed by atoms with Gasteiger partial charge in [0.05, 0.1) is 19.4 Å². The lowest BCUT2D eigenvalue weighted by molar-refractivity contribution is 0.0240. The van der Waals surface area contributed by atoms with Crippen molar-refractivity contribution in [3.05, 3.63) is 72.2 Å². The molecule has 0 spiro atoms. The van der Waals surface area contributed by atoms with Crippen molar-refractivity contribution < 1.29 is 19.0 Å². The Morgan fingerprint density at radius 3 is 2.35 bits per heavy atom. The number of anilines is 1. The van der Waals surface area contributed by atoms with Crippen molar-refractivity contribution in [2.75, 3.05) is 44.8 Å². The van der Waals surface area contributed by atoms with Gasteiger partial charge in [-0.05, 0) is 88.1 Å².